The maximum absolute atomic E-state index is 12.6. The second-order valence-corrected chi connectivity index (χ2v) is 7.13. The fourth-order valence-electron chi connectivity index (χ4n) is 3.50. The molecule has 1 aliphatic heterocycles. The smallest absolute Gasteiger partial charge is 0.272 e. The molecule has 27 heavy (non-hydrogen) atoms. The topological polar surface area (TPSA) is 65.5 Å². The fraction of sp³-hybridized carbons (Fsp3) is 0.381. The van der Waals surface area contributed by atoms with Gasteiger partial charge in [0.1, 0.15) is 5.69 Å². The first-order chi connectivity index (χ1) is 12.8. The van der Waals surface area contributed by atoms with Gasteiger partial charge in [-0.15, -0.1) is 0 Å². The number of nitrogens with zero attached hydrogens (tertiary/aromatic N) is 3. The third-order valence-electron chi connectivity index (χ3n) is 4.94. The Balaban J connectivity index is 1.67. The van der Waals surface area contributed by atoms with Gasteiger partial charge in [0.15, 0.2) is 0 Å². The van der Waals surface area contributed by atoms with Gasteiger partial charge in [-0.1, -0.05) is 17.7 Å². The van der Waals surface area contributed by atoms with Crippen LogP contribution in [0.15, 0.2) is 30.5 Å². The zero-order valence-electron chi connectivity index (χ0n) is 16.4. The van der Waals surface area contributed by atoms with Crippen LogP contribution in [0.4, 0.5) is 11.4 Å². The minimum atomic E-state index is -0.0903. The van der Waals surface area contributed by atoms with E-state index in [4.69, 9.17) is 0 Å². The van der Waals surface area contributed by atoms with E-state index >= 15 is 0 Å². The molecule has 2 heterocycles. The Morgan fingerprint density at radius 3 is 2.07 bits per heavy atom. The number of hydrogen-bond donors (Lipinski definition) is 1. The van der Waals surface area contributed by atoms with Crippen molar-refractivity contribution in [1.82, 2.24) is 14.8 Å². The van der Waals surface area contributed by atoms with Crippen molar-refractivity contribution < 1.29 is 9.59 Å². The molecule has 0 radical (unpaired) electrons. The first-order valence-corrected chi connectivity index (χ1v) is 9.21. The number of piperazine rings is 1. The maximum Gasteiger partial charge on any atom is 0.272 e. The van der Waals surface area contributed by atoms with Crippen LogP contribution in [-0.4, -0.2) is 52.8 Å². The zero-order chi connectivity index (χ0) is 19.6. The second-order valence-electron chi connectivity index (χ2n) is 7.13. The molecular weight excluding hydrogens is 340 g/mol. The number of hydrogen-bond acceptors (Lipinski definition) is 4. The molecule has 0 aliphatic carbocycles. The highest BCUT2D eigenvalue weighted by molar-refractivity contribution is 5.92. The van der Waals surface area contributed by atoms with Crippen molar-refractivity contribution in [2.45, 2.75) is 27.7 Å². The summed E-state index contributed by atoms with van der Waals surface area (Å²) < 4.78 is 0. The third-order valence-corrected chi connectivity index (χ3v) is 4.94. The van der Waals surface area contributed by atoms with Gasteiger partial charge >= 0.3 is 0 Å². The van der Waals surface area contributed by atoms with Crippen LogP contribution in [-0.2, 0) is 4.79 Å². The monoisotopic (exact) mass is 366 g/mol. The van der Waals surface area contributed by atoms with Gasteiger partial charge in [0.25, 0.3) is 5.91 Å². The Hall–Kier alpha value is -2.89. The first kappa shape index (κ1) is 18.9. The molecule has 1 N–H and O–H groups in total. The molecule has 6 heteroatoms. The van der Waals surface area contributed by atoms with E-state index in [0.717, 1.165) is 11.4 Å². The van der Waals surface area contributed by atoms with Gasteiger partial charge in [-0.05, 0) is 44.0 Å². The van der Waals surface area contributed by atoms with Crippen LogP contribution in [0.3, 0.4) is 0 Å². The number of aromatic nitrogens is 1. The van der Waals surface area contributed by atoms with Crippen molar-refractivity contribution in [1.29, 1.82) is 0 Å². The van der Waals surface area contributed by atoms with Crippen LogP contribution in [0.25, 0.3) is 0 Å². The molecular formula is C21H26N4O2. The molecule has 2 aromatic rings. The number of nitrogens with one attached hydrogen (secondary N) is 1. The van der Waals surface area contributed by atoms with Gasteiger partial charge in [-0.2, -0.15) is 0 Å². The SMILES string of the molecule is CC(=O)N1CCN(C(=O)c2ccc(Nc3c(C)cc(C)cc3C)cn2)CC1. The molecule has 0 bridgehead atoms. The summed E-state index contributed by atoms with van der Waals surface area (Å²) in [4.78, 5) is 31.9. The van der Waals surface area contributed by atoms with Crippen LogP contribution in [0.2, 0.25) is 0 Å². The predicted molar refractivity (Wildman–Crippen MR) is 106 cm³/mol. The number of rotatable bonds is 3. The molecule has 3 rings (SSSR count). The van der Waals surface area contributed by atoms with Crippen LogP contribution in [0.5, 0.6) is 0 Å². The predicted octanol–water partition coefficient (Wildman–Crippen LogP) is 3.05. The second kappa shape index (κ2) is 7.78. The van der Waals surface area contributed by atoms with Gasteiger partial charge in [0.2, 0.25) is 5.91 Å². The number of carbonyl (C=O) groups excluding carboxylic acids is 2. The summed E-state index contributed by atoms with van der Waals surface area (Å²) in [5.41, 5.74) is 5.94. The van der Waals surface area contributed by atoms with Gasteiger partial charge in [0, 0.05) is 38.8 Å². The number of carbonyl (C=O) groups is 2. The molecule has 2 amide bonds. The van der Waals surface area contributed by atoms with Crippen molar-refractivity contribution in [2.24, 2.45) is 0 Å². The molecule has 0 unspecified atom stereocenters. The highest BCUT2D eigenvalue weighted by Gasteiger charge is 2.23. The van der Waals surface area contributed by atoms with Gasteiger partial charge in [0.05, 0.1) is 11.9 Å². The van der Waals surface area contributed by atoms with Crippen molar-refractivity contribution >= 4 is 23.2 Å². The summed E-state index contributed by atoms with van der Waals surface area (Å²) in [5, 5.41) is 3.40. The summed E-state index contributed by atoms with van der Waals surface area (Å²) in [5.74, 6) is -0.0372. The molecule has 1 fully saturated rings. The molecule has 0 saturated carbocycles. The highest BCUT2D eigenvalue weighted by atomic mass is 16.2. The number of anilines is 2. The van der Waals surface area contributed by atoms with E-state index in [9.17, 15) is 9.59 Å². The summed E-state index contributed by atoms with van der Waals surface area (Å²) >= 11 is 0. The first-order valence-electron chi connectivity index (χ1n) is 9.21. The molecule has 1 aromatic carbocycles. The zero-order valence-corrected chi connectivity index (χ0v) is 16.4. The van der Waals surface area contributed by atoms with E-state index in [2.05, 4.69) is 43.2 Å². The maximum atomic E-state index is 12.6. The van der Waals surface area contributed by atoms with E-state index in [1.807, 2.05) is 6.07 Å². The number of benzene rings is 1. The molecule has 6 nitrogen and oxygen atoms in total. The third kappa shape index (κ3) is 4.27. The van der Waals surface area contributed by atoms with Crippen LogP contribution >= 0.6 is 0 Å². The van der Waals surface area contributed by atoms with E-state index in [0.29, 0.717) is 31.9 Å². The summed E-state index contributed by atoms with van der Waals surface area (Å²) in [6.45, 7) is 10.0. The minimum absolute atomic E-state index is 0.0531. The molecule has 1 aromatic heterocycles. The Bertz CT molecular complexity index is 830. The Morgan fingerprint density at radius 2 is 1.56 bits per heavy atom. The molecule has 0 atom stereocenters. The number of aryl methyl sites for hydroxylation is 3. The van der Waals surface area contributed by atoms with E-state index in [1.165, 1.54) is 16.7 Å². The van der Waals surface area contributed by atoms with E-state index in [1.54, 1.807) is 29.0 Å². The lowest BCUT2D eigenvalue weighted by Crippen LogP contribution is -2.50. The number of amides is 2. The van der Waals surface area contributed by atoms with Crippen molar-refractivity contribution in [3.8, 4) is 0 Å². The Kier molecular flexibility index (Phi) is 5.44. The summed E-state index contributed by atoms with van der Waals surface area (Å²) in [6.07, 6.45) is 1.69. The highest BCUT2D eigenvalue weighted by Crippen LogP contribution is 2.25. The average Bonchev–Trinajstić information content (AvgIpc) is 2.64. The van der Waals surface area contributed by atoms with Gasteiger partial charge < -0.3 is 15.1 Å². The lowest BCUT2D eigenvalue weighted by Gasteiger charge is -2.34. The van der Waals surface area contributed by atoms with Gasteiger partial charge in [-0.25, -0.2) is 4.98 Å². The standard InChI is InChI=1S/C21H26N4O2/c1-14-11-15(2)20(16(3)12-14)23-18-5-6-19(22-13-18)21(27)25-9-7-24(8-10-25)17(4)26/h5-6,11-13,23H,7-10H2,1-4H3. The van der Waals surface area contributed by atoms with Crippen LogP contribution in [0.1, 0.15) is 34.1 Å². The molecule has 0 spiro atoms. The number of pyridine rings is 1. The lowest BCUT2D eigenvalue weighted by molar-refractivity contribution is -0.130. The Labute approximate surface area is 160 Å². The molecule has 1 saturated heterocycles. The van der Waals surface area contributed by atoms with Gasteiger partial charge in [-0.3, -0.25) is 9.59 Å². The normalized spacial score (nSPS) is 14.2. The van der Waals surface area contributed by atoms with Crippen molar-refractivity contribution in [3.05, 3.63) is 52.8 Å². The summed E-state index contributed by atoms with van der Waals surface area (Å²) in [7, 11) is 0. The summed E-state index contributed by atoms with van der Waals surface area (Å²) in [6, 6.07) is 7.91. The van der Waals surface area contributed by atoms with Crippen LogP contribution in [0, 0.1) is 20.8 Å². The van der Waals surface area contributed by atoms with Crippen LogP contribution < -0.4 is 5.32 Å². The van der Waals surface area contributed by atoms with E-state index in [-0.39, 0.29) is 11.8 Å². The largest absolute Gasteiger partial charge is 0.354 e. The minimum Gasteiger partial charge on any atom is -0.354 e. The van der Waals surface area contributed by atoms with Crippen molar-refractivity contribution in [2.75, 3.05) is 31.5 Å². The quantitative estimate of drug-likeness (QED) is 0.907. The molecule has 1 aliphatic rings. The van der Waals surface area contributed by atoms with Crippen molar-refractivity contribution in [3.63, 3.8) is 0 Å². The Morgan fingerprint density at radius 1 is 0.963 bits per heavy atom. The fourth-order valence-corrected chi connectivity index (χ4v) is 3.50. The average molecular weight is 366 g/mol. The molecule has 142 valence electrons. The van der Waals surface area contributed by atoms with E-state index < -0.39 is 0 Å². The lowest BCUT2D eigenvalue weighted by atomic mass is 10.0.